The van der Waals surface area contributed by atoms with Crippen molar-refractivity contribution in [3.05, 3.63) is 46.5 Å². The summed E-state index contributed by atoms with van der Waals surface area (Å²) in [6.45, 7) is 0.648. The van der Waals surface area contributed by atoms with Gasteiger partial charge in [-0.15, -0.1) is 0 Å². The Bertz CT molecular complexity index is 898. The van der Waals surface area contributed by atoms with Crippen molar-refractivity contribution in [1.29, 1.82) is 0 Å². The molecule has 0 unspecified atom stereocenters. The van der Waals surface area contributed by atoms with E-state index < -0.39 is 34.5 Å². The van der Waals surface area contributed by atoms with Crippen LogP contribution in [0, 0.1) is 0 Å². The number of ketones is 1. The minimum Gasteiger partial charge on any atom is -0.504 e. The number of piperidine rings is 1. The van der Waals surface area contributed by atoms with E-state index in [1.165, 1.54) is 36.4 Å². The minimum atomic E-state index is -0.637. The number of phenols is 6. The average molecular weight is 385 g/mol. The molecule has 1 aliphatic rings. The topological polar surface area (TPSA) is 142 Å². The molecule has 0 bridgehead atoms. The Hall–Kier alpha value is -3.65. The summed E-state index contributed by atoms with van der Waals surface area (Å²) in [5.74, 6) is -3.58. The number of likely N-dealkylation sites (tertiary alicyclic amines) is 1. The summed E-state index contributed by atoms with van der Waals surface area (Å²) >= 11 is 0. The molecule has 3 rings (SSSR count). The molecule has 0 aliphatic carbocycles. The standard InChI is InChI=1S/C20H19NO7/c1-21-8-12(2-10-4-14(22)19(27)15(23)5-10)18(26)13(9-21)3-11-6-16(24)20(28)17(25)7-11/h2-7,22-25,27-28H,8-9H2,1H3/b12-2+,13-3+. The first-order valence-electron chi connectivity index (χ1n) is 8.30. The van der Waals surface area contributed by atoms with E-state index in [-0.39, 0.29) is 5.78 Å². The lowest BCUT2D eigenvalue weighted by Gasteiger charge is -2.26. The predicted octanol–water partition coefficient (Wildman–Crippen LogP) is 1.90. The molecule has 1 fully saturated rings. The van der Waals surface area contributed by atoms with Crippen molar-refractivity contribution in [2.24, 2.45) is 0 Å². The van der Waals surface area contributed by atoms with Gasteiger partial charge in [-0.1, -0.05) is 0 Å². The van der Waals surface area contributed by atoms with Gasteiger partial charge in [-0.05, 0) is 54.6 Å². The summed E-state index contributed by atoms with van der Waals surface area (Å²) in [5.41, 5.74) is 1.45. The van der Waals surface area contributed by atoms with Gasteiger partial charge in [0.1, 0.15) is 0 Å². The Morgan fingerprint density at radius 1 is 0.714 bits per heavy atom. The first kappa shape index (κ1) is 19.1. The first-order valence-corrected chi connectivity index (χ1v) is 8.30. The van der Waals surface area contributed by atoms with E-state index in [9.17, 15) is 35.4 Å². The smallest absolute Gasteiger partial charge is 0.200 e. The summed E-state index contributed by atoms with van der Waals surface area (Å²) in [7, 11) is 1.80. The molecule has 0 radical (unpaired) electrons. The van der Waals surface area contributed by atoms with E-state index in [4.69, 9.17) is 0 Å². The van der Waals surface area contributed by atoms with Crippen molar-refractivity contribution in [3.63, 3.8) is 0 Å². The van der Waals surface area contributed by atoms with Crippen LogP contribution >= 0.6 is 0 Å². The number of aromatic hydroxyl groups is 6. The first-order chi connectivity index (χ1) is 13.2. The third kappa shape index (κ3) is 3.72. The summed E-state index contributed by atoms with van der Waals surface area (Å²) in [5, 5.41) is 57.4. The lowest BCUT2D eigenvalue weighted by molar-refractivity contribution is -0.113. The Morgan fingerprint density at radius 3 is 1.36 bits per heavy atom. The third-order valence-electron chi connectivity index (χ3n) is 4.33. The van der Waals surface area contributed by atoms with Crippen LogP contribution in [0.5, 0.6) is 34.5 Å². The molecular formula is C20H19NO7. The average Bonchev–Trinajstić information content (AvgIpc) is 2.61. The largest absolute Gasteiger partial charge is 0.504 e. The number of likely N-dealkylation sites (N-methyl/N-ethyl adjacent to an activating group) is 1. The van der Waals surface area contributed by atoms with Crippen LogP contribution in [-0.4, -0.2) is 61.5 Å². The molecule has 1 aliphatic heterocycles. The lowest BCUT2D eigenvalue weighted by atomic mass is 9.94. The summed E-state index contributed by atoms with van der Waals surface area (Å²) in [6, 6.07) is 4.90. The lowest BCUT2D eigenvalue weighted by Crippen LogP contribution is -2.34. The second kappa shape index (κ2) is 7.16. The number of carbonyl (C=O) groups is 1. The molecule has 1 heterocycles. The van der Waals surface area contributed by atoms with Crippen molar-refractivity contribution in [2.75, 3.05) is 20.1 Å². The summed E-state index contributed by atoms with van der Waals surface area (Å²) in [6.07, 6.45) is 2.99. The molecule has 0 amide bonds. The van der Waals surface area contributed by atoms with Gasteiger partial charge in [0.05, 0.1) is 0 Å². The number of nitrogens with zero attached hydrogens (tertiary/aromatic N) is 1. The number of hydrogen-bond donors (Lipinski definition) is 6. The highest BCUT2D eigenvalue weighted by Gasteiger charge is 2.24. The van der Waals surface area contributed by atoms with Gasteiger partial charge in [-0.3, -0.25) is 9.69 Å². The highest BCUT2D eigenvalue weighted by Crippen LogP contribution is 2.37. The van der Waals surface area contributed by atoms with Crippen LogP contribution in [0.15, 0.2) is 35.4 Å². The van der Waals surface area contributed by atoms with Crippen LogP contribution in [0.3, 0.4) is 0 Å². The summed E-state index contributed by atoms with van der Waals surface area (Å²) in [4.78, 5) is 14.7. The molecule has 2 aromatic rings. The molecule has 0 saturated carbocycles. The molecule has 0 spiro atoms. The molecule has 6 N–H and O–H groups in total. The Balaban J connectivity index is 1.99. The molecule has 8 nitrogen and oxygen atoms in total. The van der Waals surface area contributed by atoms with E-state index in [1.807, 2.05) is 4.90 Å². The van der Waals surface area contributed by atoms with Gasteiger partial charge in [-0.2, -0.15) is 0 Å². The van der Waals surface area contributed by atoms with Crippen LogP contribution < -0.4 is 0 Å². The quantitative estimate of drug-likeness (QED) is 0.340. The normalized spacial score (nSPS) is 18.1. The highest BCUT2D eigenvalue weighted by molar-refractivity contribution is 6.14. The van der Waals surface area contributed by atoms with Crippen LogP contribution in [0.4, 0.5) is 0 Å². The van der Waals surface area contributed by atoms with Gasteiger partial charge < -0.3 is 30.6 Å². The Labute approximate surface area is 160 Å². The van der Waals surface area contributed by atoms with E-state index >= 15 is 0 Å². The van der Waals surface area contributed by atoms with Crippen molar-refractivity contribution in [1.82, 2.24) is 4.90 Å². The number of benzene rings is 2. The van der Waals surface area contributed by atoms with Gasteiger partial charge in [-0.25, -0.2) is 0 Å². The highest BCUT2D eigenvalue weighted by atomic mass is 16.3. The number of phenolic OH excluding ortho intramolecular Hbond substituents is 6. The Kier molecular flexibility index (Phi) is 4.89. The third-order valence-corrected chi connectivity index (χ3v) is 4.33. The maximum atomic E-state index is 12.8. The fourth-order valence-electron chi connectivity index (χ4n) is 3.03. The molecule has 1 saturated heterocycles. The fourth-order valence-corrected chi connectivity index (χ4v) is 3.03. The molecule has 2 aromatic carbocycles. The second-order valence-corrected chi connectivity index (χ2v) is 6.66. The predicted molar refractivity (Wildman–Crippen MR) is 101 cm³/mol. The van der Waals surface area contributed by atoms with Crippen LogP contribution in [0.1, 0.15) is 11.1 Å². The van der Waals surface area contributed by atoms with Gasteiger partial charge in [0, 0.05) is 24.2 Å². The van der Waals surface area contributed by atoms with Crippen molar-refractivity contribution in [2.45, 2.75) is 0 Å². The Morgan fingerprint density at radius 2 is 1.04 bits per heavy atom. The molecular weight excluding hydrogens is 366 g/mol. The van der Waals surface area contributed by atoms with E-state index in [2.05, 4.69) is 0 Å². The summed E-state index contributed by atoms with van der Waals surface area (Å²) < 4.78 is 0. The number of hydrogen-bond acceptors (Lipinski definition) is 8. The number of carbonyl (C=O) groups excluding carboxylic acids is 1. The van der Waals surface area contributed by atoms with Crippen molar-refractivity contribution < 1.29 is 35.4 Å². The van der Waals surface area contributed by atoms with E-state index in [1.54, 1.807) is 7.05 Å². The molecule has 0 aromatic heterocycles. The minimum absolute atomic E-state index is 0.280. The molecule has 28 heavy (non-hydrogen) atoms. The van der Waals surface area contributed by atoms with Gasteiger partial charge in [0.2, 0.25) is 0 Å². The van der Waals surface area contributed by atoms with Crippen LogP contribution in [0.2, 0.25) is 0 Å². The fraction of sp³-hybridized carbons (Fsp3) is 0.150. The number of Topliss-reactive ketones (excluding diaryl/α,β-unsaturated/α-hetero) is 1. The van der Waals surface area contributed by atoms with Gasteiger partial charge in [0.15, 0.2) is 40.3 Å². The van der Waals surface area contributed by atoms with E-state index in [0.717, 1.165) is 0 Å². The zero-order valence-electron chi connectivity index (χ0n) is 14.9. The van der Waals surface area contributed by atoms with Crippen LogP contribution in [-0.2, 0) is 4.79 Å². The zero-order valence-corrected chi connectivity index (χ0v) is 14.9. The van der Waals surface area contributed by atoms with Gasteiger partial charge >= 0.3 is 0 Å². The van der Waals surface area contributed by atoms with Crippen LogP contribution in [0.25, 0.3) is 12.2 Å². The van der Waals surface area contributed by atoms with E-state index in [0.29, 0.717) is 35.4 Å². The number of rotatable bonds is 2. The monoisotopic (exact) mass is 385 g/mol. The zero-order chi connectivity index (χ0) is 20.6. The maximum absolute atomic E-state index is 12.8. The second-order valence-electron chi connectivity index (χ2n) is 6.66. The molecule has 0 atom stereocenters. The molecule has 8 heteroatoms. The SMILES string of the molecule is CN1C/C(=C\c2cc(O)c(O)c(O)c2)C(=O)/C(=C/c2cc(O)c(O)c(O)c2)C1. The molecule has 146 valence electrons. The maximum Gasteiger partial charge on any atom is 0.200 e. The van der Waals surface area contributed by atoms with Gasteiger partial charge in [0.25, 0.3) is 0 Å². The van der Waals surface area contributed by atoms with Crippen molar-refractivity contribution in [3.8, 4) is 34.5 Å². The van der Waals surface area contributed by atoms with Crippen molar-refractivity contribution >= 4 is 17.9 Å².